The molecule has 3 heterocycles. The van der Waals surface area contributed by atoms with Gasteiger partial charge in [-0.3, -0.25) is 4.79 Å². The largest absolute Gasteiger partial charge is 0.378 e. The predicted molar refractivity (Wildman–Crippen MR) is 79.5 cm³/mol. The molecule has 6 heteroatoms. The Labute approximate surface area is 122 Å². The van der Waals surface area contributed by atoms with Crippen LogP contribution in [0.5, 0.6) is 0 Å². The van der Waals surface area contributed by atoms with Gasteiger partial charge >= 0.3 is 0 Å². The summed E-state index contributed by atoms with van der Waals surface area (Å²) < 4.78 is 5.31. The molecular weight excluding hydrogens is 268 g/mol. The number of hydrogen-bond donors (Lipinski definition) is 1. The first-order chi connectivity index (χ1) is 10.3. The second kappa shape index (κ2) is 6.32. The quantitative estimate of drug-likeness (QED) is 0.926. The molecule has 0 saturated carbocycles. The van der Waals surface area contributed by atoms with Crippen molar-refractivity contribution in [2.45, 2.75) is 0 Å². The Morgan fingerprint density at radius 1 is 1.14 bits per heavy atom. The van der Waals surface area contributed by atoms with Crippen molar-refractivity contribution in [3.8, 4) is 0 Å². The van der Waals surface area contributed by atoms with Crippen molar-refractivity contribution < 1.29 is 9.53 Å². The van der Waals surface area contributed by atoms with Crippen LogP contribution in [0.1, 0.15) is 10.4 Å². The topological polar surface area (TPSA) is 67.4 Å². The van der Waals surface area contributed by atoms with Crippen molar-refractivity contribution >= 4 is 17.5 Å². The van der Waals surface area contributed by atoms with E-state index < -0.39 is 0 Å². The van der Waals surface area contributed by atoms with E-state index in [1.807, 2.05) is 12.1 Å². The van der Waals surface area contributed by atoms with Crippen LogP contribution >= 0.6 is 0 Å². The minimum Gasteiger partial charge on any atom is -0.378 e. The molecule has 2 aromatic rings. The Bertz CT molecular complexity index is 595. The predicted octanol–water partition coefficient (Wildman–Crippen LogP) is 1.57. The lowest BCUT2D eigenvalue weighted by molar-refractivity contribution is 0.102. The van der Waals surface area contributed by atoms with Gasteiger partial charge in [0, 0.05) is 25.5 Å². The summed E-state index contributed by atoms with van der Waals surface area (Å²) in [7, 11) is 0. The maximum Gasteiger partial charge on any atom is 0.258 e. The minimum atomic E-state index is -0.213. The number of carbonyl (C=O) groups excluding carboxylic acids is 1. The Hall–Kier alpha value is -2.47. The van der Waals surface area contributed by atoms with Gasteiger partial charge in [0.15, 0.2) is 0 Å². The number of rotatable bonds is 3. The molecule has 1 saturated heterocycles. The van der Waals surface area contributed by atoms with Gasteiger partial charge in [-0.1, -0.05) is 6.07 Å². The molecule has 1 aliphatic heterocycles. The summed E-state index contributed by atoms with van der Waals surface area (Å²) in [6.07, 6.45) is 3.22. The van der Waals surface area contributed by atoms with E-state index >= 15 is 0 Å². The molecule has 108 valence electrons. The lowest BCUT2D eigenvalue weighted by Gasteiger charge is -2.27. The van der Waals surface area contributed by atoms with Gasteiger partial charge in [0.1, 0.15) is 11.6 Å². The molecule has 6 nitrogen and oxygen atoms in total. The third kappa shape index (κ3) is 3.35. The van der Waals surface area contributed by atoms with E-state index in [-0.39, 0.29) is 5.91 Å². The average molecular weight is 284 g/mol. The maximum atomic E-state index is 12.1. The molecule has 0 aliphatic carbocycles. The number of aromatic nitrogens is 2. The Kier molecular flexibility index (Phi) is 4.07. The normalized spacial score (nSPS) is 14.8. The number of carbonyl (C=O) groups is 1. The molecule has 1 fully saturated rings. The van der Waals surface area contributed by atoms with Gasteiger partial charge in [-0.05, 0) is 24.3 Å². The summed E-state index contributed by atoms with van der Waals surface area (Å²) in [4.78, 5) is 22.6. The van der Waals surface area contributed by atoms with Gasteiger partial charge in [0.25, 0.3) is 5.91 Å². The fourth-order valence-electron chi connectivity index (χ4n) is 2.13. The third-order valence-corrected chi connectivity index (χ3v) is 3.25. The SMILES string of the molecule is O=C(Nc1ccccn1)c1ccc(N2CCOCC2)nc1. The Balaban J connectivity index is 1.67. The van der Waals surface area contributed by atoms with Crippen LogP contribution in [0.15, 0.2) is 42.7 Å². The maximum absolute atomic E-state index is 12.1. The molecule has 1 amide bonds. The molecule has 0 radical (unpaired) electrons. The summed E-state index contributed by atoms with van der Waals surface area (Å²) in [5.74, 6) is 1.18. The summed E-state index contributed by atoms with van der Waals surface area (Å²) in [5, 5.41) is 2.73. The number of nitrogens with one attached hydrogen (secondary N) is 1. The Morgan fingerprint density at radius 2 is 2.00 bits per heavy atom. The molecule has 0 atom stereocenters. The number of ether oxygens (including phenoxy) is 1. The van der Waals surface area contributed by atoms with Crippen molar-refractivity contribution in [1.82, 2.24) is 9.97 Å². The van der Waals surface area contributed by atoms with E-state index in [9.17, 15) is 4.79 Å². The van der Waals surface area contributed by atoms with Gasteiger partial charge in [-0.25, -0.2) is 9.97 Å². The number of pyridine rings is 2. The van der Waals surface area contributed by atoms with Crippen LogP contribution in [-0.2, 0) is 4.74 Å². The summed E-state index contributed by atoms with van der Waals surface area (Å²) in [6, 6.07) is 9.00. The second-order valence-corrected chi connectivity index (χ2v) is 4.67. The molecule has 0 unspecified atom stereocenters. The average Bonchev–Trinajstić information content (AvgIpc) is 2.57. The number of hydrogen-bond acceptors (Lipinski definition) is 5. The Morgan fingerprint density at radius 3 is 2.67 bits per heavy atom. The molecular formula is C15H16N4O2. The molecule has 1 N–H and O–H groups in total. The summed E-state index contributed by atoms with van der Waals surface area (Å²) >= 11 is 0. The first-order valence-electron chi connectivity index (χ1n) is 6.84. The highest BCUT2D eigenvalue weighted by Gasteiger charge is 2.13. The van der Waals surface area contributed by atoms with Crippen molar-refractivity contribution in [3.05, 3.63) is 48.3 Å². The molecule has 0 spiro atoms. The number of morpholine rings is 1. The monoisotopic (exact) mass is 284 g/mol. The van der Waals surface area contributed by atoms with Crippen LogP contribution in [0.25, 0.3) is 0 Å². The van der Waals surface area contributed by atoms with Crippen molar-refractivity contribution in [2.75, 3.05) is 36.5 Å². The van der Waals surface area contributed by atoms with Gasteiger partial charge in [0.2, 0.25) is 0 Å². The van der Waals surface area contributed by atoms with Crippen molar-refractivity contribution in [2.24, 2.45) is 0 Å². The van der Waals surface area contributed by atoms with Crippen molar-refractivity contribution in [1.29, 1.82) is 0 Å². The van der Waals surface area contributed by atoms with Gasteiger partial charge in [0.05, 0.1) is 18.8 Å². The van der Waals surface area contributed by atoms with E-state index in [0.29, 0.717) is 24.6 Å². The van der Waals surface area contributed by atoms with E-state index in [1.54, 1.807) is 30.6 Å². The second-order valence-electron chi connectivity index (χ2n) is 4.67. The van der Waals surface area contributed by atoms with E-state index in [2.05, 4.69) is 20.2 Å². The lowest BCUT2D eigenvalue weighted by Crippen LogP contribution is -2.36. The highest BCUT2D eigenvalue weighted by molar-refractivity contribution is 6.03. The van der Waals surface area contributed by atoms with Crippen LogP contribution in [0, 0.1) is 0 Å². The summed E-state index contributed by atoms with van der Waals surface area (Å²) in [5.41, 5.74) is 0.512. The van der Waals surface area contributed by atoms with Crippen molar-refractivity contribution in [3.63, 3.8) is 0 Å². The molecule has 2 aromatic heterocycles. The first kappa shape index (κ1) is 13.5. The molecule has 0 aromatic carbocycles. The number of amides is 1. The van der Waals surface area contributed by atoms with Gasteiger partial charge < -0.3 is 15.0 Å². The molecule has 0 bridgehead atoms. The van der Waals surface area contributed by atoms with E-state index in [1.165, 1.54) is 0 Å². The van der Waals surface area contributed by atoms with Gasteiger partial charge in [-0.15, -0.1) is 0 Å². The minimum absolute atomic E-state index is 0.213. The summed E-state index contributed by atoms with van der Waals surface area (Å²) in [6.45, 7) is 3.08. The van der Waals surface area contributed by atoms with E-state index in [0.717, 1.165) is 18.9 Å². The van der Waals surface area contributed by atoms with E-state index in [4.69, 9.17) is 4.74 Å². The number of nitrogens with zero attached hydrogens (tertiary/aromatic N) is 3. The lowest BCUT2D eigenvalue weighted by atomic mass is 10.2. The van der Waals surface area contributed by atoms with Crippen LogP contribution in [0.3, 0.4) is 0 Å². The van der Waals surface area contributed by atoms with Gasteiger partial charge in [-0.2, -0.15) is 0 Å². The van der Waals surface area contributed by atoms with Crippen LogP contribution in [0.2, 0.25) is 0 Å². The zero-order valence-corrected chi connectivity index (χ0v) is 11.5. The fourth-order valence-corrected chi connectivity index (χ4v) is 2.13. The third-order valence-electron chi connectivity index (χ3n) is 3.25. The highest BCUT2D eigenvalue weighted by atomic mass is 16.5. The first-order valence-corrected chi connectivity index (χ1v) is 6.84. The molecule has 3 rings (SSSR count). The van der Waals surface area contributed by atoms with Crippen LogP contribution in [-0.4, -0.2) is 42.2 Å². The molecule has 1 aliphatic rings. The smallest absolute Gasteiger partial charge is 0.258 e. The van der Waals surface area contributed by atoms with Crippen LogP contribution in [0.4, 0.5) is 11.6 Å². The molecule has 21 heavy (non-hydrogen) atoms. The highest BCUT2D eigenvalue weighted by Crippen LogP contribution is 2.13. The van der Waals surface area contributed by atoms with Crippen LogP contribution < -0.4 is 10.2 Å². The fraction of sp³-hybridized carbons (Fsp3) is 0.267. The number of anilines is 2. The zero-order chi connectivity index (χ0) is 14.5. The zero-order valence-electron chi connectivity index (χ0n) is 11.5. The standard InChI is InChI=1S/C15H16N4O2/c20-15(18-13-3-1-2-6-16-13)12-4-5-14(17-11-12)19-7-9-21-10-8-19/h1-6,11H,7-10H2,(H,16,18,20).